The summed E-state index contributed by atoms with van der Waals surface area (Å²) in [6.45, 7) is 4.69. The van der Waals surface area contributed by atoms with E-state index >= 15 is 0 Å². The number of rotatable bonds is 7. The molecule has 0 atom stereocenters. The Labute approximate surface area is 345 Å². The van der Waals surface area contributed by atoms with Crippen molar-refractivity contribution in [3.63, 3.8) is 0 Å². The van der Waals surface area contributed by atoms with E-state index in [9.17, 15) is 0 Å². The Balaban J connectivity index is 1.05. The first-order valence-electron chi connectivity index (χ1n) is 20.5. The lowest BCUT2D eigenvalue weighted by Crippen LogP contribution is -2.14. The minimum absolute atomic E-state index is 0.0529. The van der Waals surface area contributed by atoms with Crippen LogP contribution in [0.2, 0.25) is 0 Å². The molecule has 1 aromatic heterocycles. The molecule has 1 aliphatic rings. The third-order valence-corrected chi connectivity index (χ3v) is 12.4. The van der Waals surface area contributed by atoms with Gasteiger partial charge in [-0.1, -0.05) is 166 Å². The molecule has 9 aromatic carbocycles. The highest BCUT2D eigenvalue weighted by Crippen LogP contribution is 2.50. The van der Waals surface area contributed by atoms with E-state index < -0.39 is 0 Å². The molecule has 2 heteroatoms. The van der Waals surface area contributed by atoms with Crippen molar-refractivity contribution in [2.75, 3.05) is 5.32 Å². The second-order valence-electron chi connectivity index (χ2n) is 16.3. The Morgan fingerprint density at radius 1 is 0.356 bits per heavy atom. The van der Waals surface area contributed by atoms with E-state index in [0.717, 1.165) is 22.6 Å². The molecule has 1 N–H and O–H groups in total. The molecular weight excluding hydrogens is 713 g/mol. The van der Waals surface area contributed by atoms with Crippen molar-refractivity contribution < 1.29 is 0 Å². The molecule has 0 radical (unpaired) electrons. The zero-order chi connectivity index (χ0) is 39.5. The van der Waals surface area contributed by atoms with Crippen molar-refractivity contribution in [3.05, 3.63) is 223 Å². The SMILES string of the molecule is CC1(C)c2ccccc2-c2cc(-c3cc(-c4ccc5c(c4)c4ccccc4n5-c4cccc(-c5ccccc5)c4)ccc3Nc3cccc(-c4ccccc4)c3)ccc21. The first kappa shape index (κ1) is 34.8. The van der Waals surface area contributed by atoms with E-state index in [-0.39, 0.29) is 5.41 Å². The molecule has 11 rings (SSSR count). The van der Waals surface area contributed by atoms with E-state index in [1.807, 2.05) is 0 Å². The van der Waals surface area contributed by atoms with E-state index in [4.69, 9.17) is 0 Å². The molecule has 280 valence electrons. The number of hydrogen-bond acceptors (Lipinski definition) is 1. The van der Waals surface area contributed by atoms with Crippen molar-refractivity contribution >= 4 is 33.2 Å². The summed E-state index contributed by atoms with van der Waals surface area (Å²) in [6, 6.07) is 77.4. The number of benzene rings is 9. The van der Waals surface area contributed by atoms with Gasteiger partial charge in [-0.25, -0.2) is 0 Å². The lowest BCUT2D eigenvalue weighted by atomic mass is 9.82. The third kappa shape index (κ3) is 5.96. The maximum atomic E-state index is 3.85. The summed E-state index contributed by atoms with van der Waals surface area (Å²) in [5, 5.41) is 6.33. The topological polar surface area (TPSA) is 17.0 Å². The van der Waals surface area contributed by atoms with Crippen molar-refractivity contribution in [1.29, 1.82) is 0 Å². The van der Waals surface area contributed by atoms with Gasteiger partial charge in [-0.05, 0) is 122 Å². The average molecular weight is 755 g/mol. The maximum Gasteiger partial charge on any atom is 0.0541 e. The number of nitrogens with zero attached hydrogens (tertiary/aromatic N) is 1. The Hall–Kier alpha value is -7.42. The fourth-order valence-electron chi connectivity index (χ4n) is 9.41. The summed E-state index contributed by atoms with van der Waals surface area (Å²) < 4.78 is 2.41. The molecule has 0 fully saturated rings. The third-order valence-electron chi connectivity index (χ3n) is 12.4. The number of aromatic nitrogens is 1. The lowest BCUT2D eigenvalue weighted by Gasteiger charge is -2.21. The van der Waals surface area contributed by atoms with Gasteiger partial charge in [-0.3, -0.25) is 0 Å². The van der Waals surface area contributed by atoms with Crippen LogP contribution in [0.25, 0.3) is 83.1 Å². The van der Waals surface area contributed by atoms with Crippen LogP contribution in [-0.2, 0) is 5.41 Å². The molecule has 1 aliphatic carbocycles. The van der Waals surface area contributed by atoms with Crippen molar-refractivity contribution in [2.45, 2.75) is 19.3 Å². The zero-order valence-electron chi connectivity index (χ0n) is 33.2. The first-order chi connectivity index (χ1) is 29.0. The van der Waals surface area contributed by atoms with Gasteiger partial charge in [0.1, 0.15) is 0 Å². The first-order valence-corrected chi connectivity index (χ1v) is 20.5. The van der Waals surface area contributed by atoms with Crippen molar-refractivity contribution in [2.24, 2.45) is 0 Å². The molecule has 0 bridgehead atoms. The molecule has 0 spiro atoms. The number of para-hydroxylation sites is 1. The van der Waals surface area contributed by atoms with Gasteiger partial charge in [0.25, 0.3) is 0 Å². The van der Waals surface area contributed by atoms with Gasteiger partial charge in [-0.15, -0.1) is 0 Å². The number of hydrogen-bond donors (Lipinski definition) is 1. The predicted molar refractivity (Wildman–Crippen MR) is 250 cm³/mol. The van der Waals surface area contributed by atoms with E-state index in [1.165, 1.54) is 83.0 Å². The number of anilines is 2. The molecular formula is C57H42N2. The Kier molecular flexibility index (Phi) is 8.20. The molecule has 1 heterocycles. The quantitative estimate of drug-likeness (QED) is 0.171. The van der Waals surface area contributed by atoms with Crippen LogP contribution in [0.4, 0.5) is 11.4 Å². The van der Waals surface area contributed by atoms with Gasteiger partial charge >= 0.3 is 0 Å². The second-order valence-corrected chi connectivity index (χ2v) is 16.3. The van der Waals surface area contributed by atoms with Crippen LogP contribution in [0.3, 0.4) is 0 Å². The Bertz CT molecular complexity index is 3210. The van der Waals surface area contributed by atoms with Gasteiger partial charge in [0.05, 0.1) is 11.0 Å². The summed E-state index contributed by atoms with van der Waals surface area (Å²) >= 11 is 0. The molecule has 0 aliphatic heterocycles. The van der Waals surface area contributed by atoms with E-state index in [0.29, 0.717) is 0 Å². The van der Waals surface area contributed by atoms with Gasteiger partial charge in [-0.2, -0.15) is 0 Å². The highest BCUT2D eigenvalue weighted by molar-refractivity contribution is 6.10. The smallest absolute Gasteiger partial charge is 0.0541 e. The van der Waals surface area contributed by atoms with Crippen molar-refractivity contribution in [1.82, 2.24) is 4.57 Å². The summed E-state index contributed by atoms with van der Waals surface area (Å²) in [5.41, 5.74) is 20.5. The van der Waals surface area contributed by atoms with E-state index in [2.05, 4.69) is 236 Å². The Morgan fingerprint density at radius 3 is 1.75 bits per heavy atom. The monoisotopic (exact) mass is 754 g/mol. The summed E-state index contributed by atoms with van der Waals surface area (Å²) in [4.78, 5) is 0. The average Bonchev–Trinajstić information content (AvgIpc) is 3.75. The standard InChI is InChI=1S/C57H42N2/c1-57(2)52-25-11-9-23-47(52)50-37-44(27-30-53(50)57)49-35-42(28-31-54(49)58-45-21-13-19-40(33-45)38-15-5-3-6-16-38)43-29-32-56-51(36-43)48-24-10-12-26-55(48)59(56)46-22-14-20-41(34-46)39-17-7-4-8-18-39/h3-37,58H,1-2H3. The van der Waals surface area contributed by atoms with Gasteiger partial charge in [0.2, 0.25) is 0 Å². The van der Waals surface area contributed by atoms with Gasteiger partial charge < -0.3 is 9.88 Å². The van der Waals surface area contributed by atoms with Crippen molar-refractivity contribution in [3.8, 4) is 61.3 Å². The van der Waals surface area contributed by atoms with Crippen LogP contribution in [-0.4, -0.2) is 4.57 Å². The zero-order valence-corrected chi connectivity index (χ0v) is 33.2. The number of nitrogens with one attached hydrogen (secondary N) is 1. The van der Waals surface area contributed by atoms with Crippen LogP contribution < -0.4 is 5.32 Å². The molecule has 59 heavy (non-hydrogen) atoms. The molecule has 10 aromatic rings. The lowest BCUT2D eigenvalue weighted by molar-refractivity contribution is 0.660. The molecule has 0 amide bonds. The van der Waals surface area contributed by atoms with Crippen LogP contribution in [0.15, 0.2) is 212 Å². The fourth-order valence-corrected chi connectivity index (χ4v) is 9.41. The van der Waals surface area contributed by atoms with E-state index in [1.54, 1.807) is 0 Å². The van der Waals surface area contributed by atoms with Crippen LogP contribution >= 0.6 is 0 Å². The molecule has 0 unspecified atom stereocenters. The normalized spacial score (nSPS) is 12.7. The van der Waals surface area contributed by atoms with Gasteiger partial charge in [0.15, 0.2) is 0 Å². The molecule has 0 saturated heterocycles. The predicted octanol–water partition coefficient (Wildman–Crippen LogP) is 15.5. The van der Waals surface area contributed by atoms with Crippen LogP contribution in [0.1, 0.15) is 25.0 Å². The van der Waals surface area contributed by atoms with Crippen LogP contribution in [0, 0.1) is 0 Å². The molecule has 2 nitrogen and oxygen atoms in total. The minimum atomic E-state index is -0.0529. The summed E-state index contributed by atoms with van der Waals surface area (Å²) in [5.74, 6) is 0. The second kappa shape index (κ2) is 13.9. The summed E-state index contributed by atoms with van der Waals surface area (Å²) in [7, 11) is 0. The Morgan fingerprint density at radius 2 is 0.932 bits per heavy atom. The highest BCUT2D eigenvalue weighted by Gasteiger charge is 2.35. The van der Waals surface area contributed by atoms with Crippen LogP contribution in [0.5, 0.6) is 0 Å². The highest BCUT2D eigenvalue weighted by atomic mass is 15.0. The maximum absolute atomic E-state index is 3.85. The molecule has 0 saturated carbocycles. The summed E-state index contributed by atoms with van der Waals surface area (Å²) in [6.07, 6.45) is 0. The number of fused-ring (bicyclic) bond motifs is 6. The fraction of sp³-hybridized carbons (Fsp3) is 0.0526. The largest absolute Gasteiger partial charge is 0.355 e. The minimum Gasteiger partial charge on any atom is -0.355 e. The van der Waals surface area contributed by atoms with Gasteiger partial charge in [0, 0.05) is 38.8 Å².